The van der Waals surface area contributed by atoms with Gasteiger partial charge in [0.1, 0.15) is 5.69 Å². The first kappa shape index (κ1) is 18.3. The van der Waals surface area contributed by atoms with Crippen molar-refractivity contribution in [3.63, 3.8) is 0 Å². The third-order valence-corrected chi connectivity index (χ3v) is 4.31. The van der Waals surface area contributed by atoms with Crippen molar-refractivity contribution >= 4 is 21.4 Å². The number of hydrogen-bond acceptors (Lipinski definition) is 7. The van der Waals surface area contributed by atoms with Crippen molar-refractivity contribution in [3.8, 4) is 0 Å². The van der Waals surface area contributed by atoms with Crippen LogP contribution in [0.1, 0.15) is 6.92 Å². The van der Waals surface area contributed by atoms with Gasteiger partial charge in [-0.2, -0.15) is 0 Å². The van der Waals surface area contributed by atoms with Gasteiger partial charge in [-0.05, 0) is 26.1 Å². The molecule has 0 radical (unpaired) electrons. The molecule has 0 unspecified atom stereocenters. The molecule has 0 aliphatic heterocycles. The van der Waals surface area contributed by atoms with Crippen molar-refractivity contribution in [1.29, 1.82) is 0 Å². The average Bonchev–Trinajstić information content (AvgIpc) is 2.44. The Balaban J connectivity index is 3.09. The van der Waals surface area contributed by atoms with Gasteiger partial charge in [-0.25, -0.2) is 13.1 Å². The summed E-state index contributed by atoms with van der Waals surface area (Å²) in [6.07, 6.45) is 0. The number of nitro groups is 1. The number of nitrogens with one attached hydrogen (secondary N) is 2. The molecular weight excluding hydrogens is 312 g/mol. The summed E-state index contributed by atoms with van der Waals surface area (Å²) in [4.78, 5) is 10.3. The van der Waals surface area contributed by atoms with E-state index in [-0.39, 0.29) is 29.4 Å². The first-order valence-electron chi connectivity index (χ1n) is 6.36. The molecule has 124 valence electrons. The van der Waals surface area contributed by atoms with Crippen LogP contribution in [0.2, 0.25) is 0 Å². The molecule has 10 heteroatoms. The largest absolute Gasteiger partial charge is 0.383 e. The molecule has 0 heterocycles. The Morgan fingerprint density at radius 1 is 1.45 bits per heavy atom. The topological polar surface area (TPSA) is 137 Å². The normalized spacial score (nSPS) is 14.4. The summed E-state index contributed by atoms with van der Waals surface area (Å²) < 4.78 is 30.5. The SMILES string of the molecule is CNS(=O)(=O)c1ccc(NC[C@](C)(N)COC)c([N+](=O)[O-])c1. The Labute approximate surface area is 129 Å². The molecule has 1 rings (SSSR count). The molecule has 0 saturated heterocycles. The highest BCUT2D eigenvalue weighted by Crippen LogP contribution is 2.27. The van der Waals surface area contributed by atoms with Crippen LogP contribution in [0.3, 0.4) is 0 Å². The molecule has 0 aliphatic carbocycles. The second-order valence-corrected chi connectivity index (χ2v) is 6.97. The summed E-state index contributed by atoms with van der Waals surface area (Å²) in [5.41, 5.74) is 5.08. The van der Waals surface area contributed by atoms with Gasteiger partial charge in [-0.1, -0.05) is 0 Å². The van der Waals surface area contributed by atoms with Gasteiger partial charge < -0.3 is 15.8 Å². The maximum Gasteiger partial charge on any atom is 0.293 e. The molecule has 1 aromatic rings. The minimum absolute atomic E-state index is 0.181. The minimum Gasteiger partial charge on any atom is -0.383 e. The predicted octanol–water partition coefficient (Wildman–Crippen LogP) is 0.279. The van der Waals surface area contributed by atoms with E-state index in [9.17, 15) is 18.5 Å². The molecule has 0 bridgehead atoms. The van der Waals surface area contributed by atoms with Crippen molar-refractivity contribution in [2.75, 3.05) is 32.6 Å². The van der Waals surface area contributed by atoms with Crippen molar-refractivity contribution in [2.24, 2.45) is 5.73 Å². The molecule has 0 fully saturated rings. The molecule has 0 saturated carbocycles. The average molecular weight is 332 g/mol. The lowest BCUT2D eigenvalue weighted by Gasteiger charge is -2.24. The maximum absolute atomic E-state index is 11.7. The van der Waals surface area contributed by atoms with Crippen LogP contribution < -0.4 is 15.8 Å². The molecule has 0 aromatic heterocycles. The summed E-state index contributed by atoms with van der Waals surface area (Å²) >= 11 is 0. The van der Waals surface area contributed by atoms with Crippen LogP contribution in [-0.4, -0.2) is 46.2 Å². The highest BCUT2D eigenvalue weighted by Gasteiger charge is 2.23. The van der Waals surface area contributed by atoms with Crippen LogP contribution in [0.25, 0.3) is 0 Å². The van der Waals surface area contributed by atoms with E-state index < -0.39 is 20.5 Å². The van der Waals surface area contributed by atoms with E-state index in [2.05, 4.69) is 10.0 Å². The monoisotopic (exact) mass is 332 g/mol. The van der Waals surface area contributed by atoms with E-state index in [1.807, 2.05) is 0 Å². The summed E-state index contributed by atoms with van der Waals surface area (Å²) in [5, 5.41) is 14.0. The second-order valence-electron chi connectivity index (χ2n) is 5.08. The minimum atomic E-state index is -3.75. The van der Waals surface area contributed by atoms with Gasteiger partial charge in [0.2, 0.25) is 10.0 Å². The van der Waals surface area contributed by atoms with Crippen molar-refractivity contribution in [1.82, 2.24) is 4.72 Å². The highest BCUT2D eigenvalue weighted by atomic mass is 32.2. The molecule has 4 N–H and O–H groups in total. The van der Waals surface area contributed by atoms with Crippen molar-refractivity contribution < 1.29 is 18.1 Å². The summed E-state index contributed by atoms with van der Waals surface area (Å²) in [6, 6.07) is 3.62. The second kappa shape index (κ2) is 7.01. The summed E-state index contributed by atoms with van der Waals surface area (Å²) in [6.45, 7) is 2.22. The standard InChI is InChI=1S/C12H20N4O5S/c1-12(13,8-21-3)7-15-10-5-4-9(22(19,20)14-2)6-11(10)16(17)18/h4-6,14-15H,7-8,13H2,1-3H3/t12-/m0/s1. The van der Waals surface area contributed by atoms with E-state index >= 15 is 0 Å². The number of nitrogens with zero attached hydrogens (tertiary/aromatic N) is 1. The maximum atomic E-state index is 11.7. The van der Waals surface area contributed by atoms with E-state index in [0.717, 1.165) is 6.07 Å². The number of hydrogen-bond donors (Lipinski definition) is 3. The fraction of sp³-hybridized carbons (Fsp3) is 0.500. The molecule has 0 spiro atoms. The molecule has 22 heavy (non-hydrogen) atoms. The number of nitrogens with two attached hydrogens (primary N) is 1. The van der Waals surface area contributed by atoms with Crippen LogP contribution in [0.15, 0.2) is 23.1 Å². The van der Waals surface area contributed by atoms with Gasteiger partial charge in [0.25, 0.3) is 5.69 Å². The van der Waals surface area contributed by atoms with Gasteiger partial charge in [-0.15, -0.1) is 0 Å². The summed E-state index contributed by atoms with van der Waals surface area (Å²) in [7, 11) is -1.01. The van der Waals surface area contributed by atoms with Crippen molar-refractivity contribution in [2.45, 2.75) is 17.4 Å². The highest BCUT2D eigenvalue weighted by molar-refractivity contribution is 7.89. The zero-order chi connectivity index (χ0) is 17.0. The quantitative estimate of drug-likeness (QED) is 0.459. The van der Waals surface area contributed by atoms with E-state index in [1.165, 1.54) is 26.3 Å². The number of rotatable bonds is 8. The Kier molecular flexibility index (Phi) is 5.83. The number of ether oxygens (including phenoxy) is 1. The lowest BCUT2D eigenvalue weighted by atomic mass is 10.1. The lowest BCUT2D eigenvalue weighted by Crippen LogP contribution is -2.47. The molecular formula is C12H20N4O5S. The number of sulfonamides is 1. The number of nitro benzene ring substituents is 1. The fourth-order valence-electron chi connectivity index (χ4n) is 1.77. The predicted molar refractivity (Wildman–Crippen MR) is 82.3 cm³/mol. The Hall–Kier alpha value is -1.75. The first-order chi connectivity index (χ1) is 10.1. The first-order valence-corrected chi connectivity index (χ1v) is 7.85. The molecule has 9 nitrogen and oxygen atoms in total. The smallest absolute Gasteiger partial charge is 0.293 e. The van der Waals surface area contributed by atoms with Gasteiger partial charge in [0.15, 0.2) is 0 Å². The zero-order valence-corrected chi connectivity index (χ0v) is 13.4. The van der Waals surface area contributed by atoms with Gasteiger partial charge in [0.05, 0.1) is 22.0 Å². The summed E-state index contributed by atoms with van der Waals surface area (Å²) in [5.74, 6) is 0. The lowest BCUT2D eigenvalue weighted by molar-refractivity contribution is -0.384. The Bertz CT molecular complexity index is 645. The van der Waals surface area contributed by atoms with Gasteiger partial charge >= 0.3 is 0 Å². The van der Waals surface area contributed by atoms with Gasteiger partial charge in [-0.3, -0.25) is 10.1 Å². The number of anilines is 1. The fourth-order valence-corrected chi connectivity index (χ4v) is 2.52. The Morgan fingerprint density at radius 2 is 2.09 bits per heavy atom. The van der Waals surface area contributed by atoms with E-state index in [4.69, 9.17) is 10.5 Å². The van der Waals surface area contributed by atoms with Crippen LogP contribution in [-0.2, 0) is 14.8 Å². The molecule has 1 atom stereocenters. The number of methoxy groups -OCH3 is 1. The van der Waals surface area contributed by atoms with Crippen LogP contribution in [0.5, 0.6) is 0 Å². The zero-order valence-electron chi connectivity index (χ0n) is 12.6. The van der Waals surface area contributed by atoms with Crippen LogP contribution >= 0.6 is 0 Å². The van der Waals surface area contributed by atoms with E-state index in [0.29, 0.717) is 0 Å². The molecule has 0 aliphatic rings. The molecule has 1 aromatic carbocycles. The van der Waals surface area contributed by atoms with Crippen molar-refractivity contribution in [3.05, 3.63) is 28.3 Å². The Morgan fingerprint density at radius 3 is 2.59 bits per heavy atom. The molecule has 0 amide bonds. The van der Waals surface area contributed by atoms with E-state index in [1.54, 1.807) is 6.92 Å². The van der Waals surface area contributed by atoms with Crippen LogP contribution in [0.4, 0.5) is 11.4 Å². The van der Waals surface area contributed by atoms with Crippen LogP contribution in [0, 0.1) is 10.1 Å². The van der Waals surface area contributed by atoms with Gasteiger partial charge in [0, 0.05) is 19.7 Å². The third-order valence-electron chi connectivity index (χ3n) is 2.90. The third kappa shape index (κ3) is 4.63. The number of benzene rings is 1.